The summed E-state index contributed by atoms with van der Waals surface area (Å²) in [7, 11) is 0. The van der Waals surface area contributed by atoms with Crippen molar-refractivity contribution in [2.75, 3.05) is 0 Å². The van der Waals surface area contributed by atoms with E-state index < -0.39 is 0 Å². The first kappa shape index (κ1) is 9.19. The van der Waals surface area contributed by atoms with Crippen LogP contribution in [0.2, 0.25) is 11.1 Å². The molecule has 1 nitrogen and oxygen atoms in total. The first-order valence-electron chi connectivity index (χ1n) is 3.17. The van der Waals surface area contributed by atoms with Gasteiger partial charge in [-0.05, 0) is 0 Å². The summed E-state index contributed by atoms with van der Waals surface area (Å²) in [6, 6.07) is 0. The first-order valence-corrected chi connectivity index (χ1v) is 6.10. The molecule has 0 aliphatic rings. The fraction of sp³-hybridized carbons (Fsp3) is 0.857. The molecule has 0 aromatic heterocycles. The van der Waals surface area contributed by atoms with Crippen LogP contribution in [0.25, 0.3) is 0 Å². The Bertz CT molecular complexity index is 88.9. The van der Waals surface area contributed by atoms with Crippen molar-refractivity contribution in [3.05, 3.63) is 0 Å². The van der Waals surface area contributed by atoms with Crippen LogP contribution in [0.3, 0.4) is 0 Å². The predicted molar refractivity (Wildman–Crippen MR) is 40.9 cm³/mol. The van der Waals surface area contributed by atoms with Gasteiger partial charge in [-0.15, -0.1) is 0 Å². The van der Waals surface area contributed by atoms with Crippen molar-refractivity contribution in [3.63, 3.8) is 0 Å². The summed E-state index contributed by atoms with van der Waals surface area (Å²) in [6.45, 7) is 4.17. The molecule has 9 heavy (non-hydrogen) atoms. The van der Waals surface area contributed by atoms with E-state index in [9.17, 15) is 4.79 Å². The van der Waals surface area contributed by atoms with Crippen molar-refractivity contribution in [2.24, 2.45) is 5.92 Å². The van der Waals surface area contributed by atoms with Crippen LogP contribution in [-0.4, -0.2) is 20.7 Å². The predicted octanol–water partition coefficient (Wildman–Crippen LogP) is 1.77. The van der Waals surface area contributed by atoms with Gasteiger partial charge < -0.3 is 0 Å². The maximum absolute atomic E-state index is 10.9. The summed E-state index contributed by atoms with van der Waals surface area (Å²) in [5, 5.41) is 0.825. The third kappa shape index (κ3) is 6.07. The average molecular weight is 193 g/mol. The molecule has 0 unspecified atom stereocenters. The molecule has 0 atom stereocenters. The Balaban J connectivity index is 3.27. The average Bonchev–Trinajstić information content (AvgIpc) is 1.63. The van der Waals surface area contributed by atoms with Crippen LogP contribution in [0.15, 0.2) is 0 Å². The molecule has 54 valence electrons. The van der Waals surface area contributed by atoms with E-state index in [0.717, 1.165) is 11.7 Å². The van der Waals surface area contributed by atoms with E-state index in [1.54, 1.807) is 0 Å². The van der Waals surface area contributed by atoms with Crippen molar-refractivity contribution in [1.29, 1.82) is 0 Å². The number of hydrogen-bond acceptors (Lipinski definition) is 1. The second kappa shape index (κ2) is 5.01. The van der Waals surface area contributed by atoms with Crippen LogP contribution in [0, 0.1) is 5.92 Å². The van der Waals surface area contributed by atoms with Gasteiger partial charge in [0.2, 0.25) is 0 Å². The number of Topliss-reactive ketones (excluding diaryl/α,β-unsaturated/α-hetero) is 1. The molecule has 0 aliphatic heterocycles. The minimum atomic E-state index is 0.438. The molecule has 0 aromatic rings. The van der Waals surface area contributed by atoms with Crippen molar-refractivity contribution < 1.29 is 4.79 Å². The fourth-order valence-corrected chi connectivity index (χ4v) is 1.60. The Morgan fingerprint density at radius 2 is 2.11 bits per heavy atom. The molecule has 0 amide bonds. The Morgan fingerprint density at radius 1 is 1.56 bits per heavy atom. The molecule has 0 bridgehead atoms. The molecular weight excluding hydrogens is 179 g/mol. The van der Waals surface area contributed by atoms with Crippen LogP contribution in [0.4, 0.5) is 0 Å². The quantitative estimate of drug-likeness (QED) is 0.622. The van der Waals surface area contributed by atoms with Gasteiger partial charge in [-0.25, -0.2) is 0 Å². The summed E-state index contributed by atoms with van der Waals surface area (Å²) in [5.41, 5.74) is 0. The zero-order valence-electron chi connectivity index (χ0n) is 6.31. The van der Waals surface area contributed by atoms with E-state index in [0.29, 0.717) is 26.7 Å². The van der Waals surface area contributed by atoms with Crippen LogP contribution in [0.1, 0.15) is 20.3 Å². The Morgan fingerprint density at radius 3 is 2.44 bits per heavy atom. The Kier molecular flexibility index (Phi) is 5.12. The van der Waals surface area contributed by atoms with Crippen molar-refractivity contribution in [3.8, 4) is 0 Å². The van der Waals surface area contributed by atoms with Crippen LogP contribution < -0.4 is 0 Å². The zero-order valence-corrected chi connectivity index (χ0v) is 8.02. The van der Waals surface area contributed by atoms with Crippen molar-refractivity contribution in [1.82, 2.24) is 0 Å². The first-order chi connectivity index (χ1) is 4.16. The van der Waals surface area contributed by atoms with E-state index in [4.69, 9.17) is 0 Å². The number of ketones is 1. The second-order valence-corrected chi connectivity index (χ2v) is 4.39. The molecule has 0 saturated carbocycles. The van der Waals surface area contributed by atoms with Gasteiger partial charge in [0, 0.05) is 0 Å². The zero-order chi connectivity index (χ0) is 7.28. The van der Waals surface area contributed by atoms with Crippen LogP contribution >= 0.6 is 0 Å². The van der Waals surface area contributed by atoms with Gasteiger partial charge in [-0.1, -0.05) is 0 Å². The third-order valence-corrected chi connectivity index (χ3v) is 2.22. The van der Waals surface area contributed by atoms with Crippen LogP contribution in [-0.2, 0) is 4.79 Å². The molecule has 0 aromatic carbocycles. The van der Waals surface area contributed by atoms with Gasteiger partial charge >= 0.3 is 62.9 Å². The summed E-state index contributed by atoms with van der Waals surface area (Å²) >= 11 is 0.534. The molecule has 0 rings (SSSR count). The van der Waals surface area contributed by atoms with E-state index in [1.165, 1.54) is 0 Å². The van der Waals surface area contributed by atoms with E-state index in [-0.39, 0.29) is 0 Å². The van der Waals surface area contributed by atoms with E-state index >= 15 is 0 Å². The third-order valence-electron chi connectivity index (χ3n) is 0.941. The molecule has 0 saturated heterocycles. The summed E-state index contributed by atoms with van der Waals surface area (Å²) in [5.74, 6) is 3.08. The van der Waals surface area contributed by atoms with Crippen LogP contribution in [0.5, 0.6) is 0 Å². The second-order valence-electron chi connectivity index (χ2n) is 2.57. The summed E-state index contributed by atoms with van der Waals surface area (Å²) in [4.78, 5) is 10.9. The molecule has 0 aliphatic carbocycles. The van der Waals surface area contributed by atoms with Gasteiger partial charge in [0.25, 0.3) is 0 Å². The monoisotopic (exact) mass is 194 g/mol. The van der Waals surface area contributed by atoms with Crippen molar-refractivity contribution in [2.45, 2.75) is 31.4 Å². The minimum absolute atomic E-state index is 0.438. The molecular formula is C7H14OSe. The number of carbonyl (C=O) groups is 1. The molecule has 0 radical (unpaired) electrons. The Labute approximate surface area is 63.4 Å². The van der Waals surface area contributed by atoms with Gasteiger partial charge in [0.1, 0.15) is 0 Å². The molecule has 0 fully saturated rings. The standard InChI is InChI=1S/C7H14OSe/c1-6(2)4-7(8)5-9-3/h6H,4-5H2,1-3H3. The molecule has 2 heteroatoms. The molecule has 0 spiro atoms. The molecule has 0 heterocycles. The fourth-order valence-electron chi connectivity index (χ4n) is 0.675. The summed E-state index contributed by atoms with van der Waals surface area (Å²) in [6.07, 6.45) is 0.773. The number of carbonyl (C=O) groups excluding carboxylic acids is 1. The topological polar surface area (TPSA) is 17.1 Å². The SMILES string of the molecule is C[Se]CC(=O)CC(C)C. The van der Waals surface area contributed by atoms with E-state index in [1.807, 2.05) is 0 Å². The van der Waals surface area contributed by atoms with E-state index in [2.05, 4.69) is 19.7 Å². The summed E-state index contributed by atoms with van der Waals surface area (Å²) < 4.78 is 0. The Hall–Kier alpha value is 0.189. The number of rotatable bonds is 4. The van der Waals surface area contributed by atoms with Gasteiger partial charge in [0.15, 0.2) is 0 Å². The van der Waals surface area contributed by atoms with Gasteiger partial charge in [0.05, 0.1) is 0 Å². The van der Waals surface area contributed by atoms with Gasteiger partial charge in [-0.3, -0.25) is 0 Å². The normalized spacial score (nSPS) is 10.2. The molecule has 0 N–H and O–H groups in total. The van der Waals surface area contributed by atoms with Crippen molar-refractivity contribution >= 4 is 20.7 Å². The maximum atomic E-state index is 10.9. The number of hydrogen-bond donors (Lipinski definition) is 0. The van der Waals surface area contributed by atoms with Gasteiger partial charge in [-0.2, -0.15) is 0 Å².